The first-order chi connectivity index (χ1) is 9.74. The molecular formula is C17H20FNO. The molecule has 0 saturated carbocycles. The maximum atomic E-state index is 14.0. The molecule has 0 spiro atoms. The molecule has 2 aromatic rings. The van der Waals surface area contributed by atoms with Crippen LogP contribution in [0.3, 0.4) is 0 Å². The molecule has 0 saturated heterocycles. The van der Waals surface area contributed by atoms with Crippen molar-refractivity contribution in [1.82, 2.24) is 5.32 Å². The van der Waals surface area contributed by atoms with Gasteiger partial charge >= 0.3 is 0 Å². The number of rotatable bonds is 6. The third-order valence-electron chi connectivity index (χ3n) is 3.22. The van der Waals surface area contributed by atoms with Crippen LogP contribution in [0.5, 0.6) is 5.75 Å². The van der Waals surface area contributed by atoms with Crippen LogP contribution in [0.25, 0.3) is 11.1 Å². The van der Waals surface area contributed by atoms with Crippen molar-refractivity contribution in [2.75, 3.05) is 13.7 Å². The highest BCUT2D eigenvalue weighted by Crippen LogP contribution is 2.24. The first-order valence-corrected chi connectivity index (χ1v) is 6.88. The number of hydrogen-bond acceptors (Lipinski definition) is 2. The van der Waals surface area contributed by atoms with E-state index in [0.29, 0.717) is 12.1 Å². The molecule has 2 aromatic carbocycles. The van der Waals surface area contributed by atoms with Gasteiger partial charge in [-0.15, -0.1) is 0 Å². The van der Waals surface area contributed by atoms with E-state index in [9.17, 15) is 4.39 Å². The molecule has 0 amide bonds. The summed E-state index contributed by atoms with van der Waals surface area (Å²) in [5, 5.41) is 3.21. The zero-order valence-electron chi connectivity index (χ0n) is 11.9. The highest BCUT2D eigenvalue weighted by atomic mass is 19.1. The summed E-state index contributed by atoms with van der Waals surface area (Å²) in [4.78, 5) is 0. The molecule has 0 aliphatic rings. The number of halogens is 1. The van der Waals surface area contributed by atoms with Gasteiger partial charge in [-0.05, 0) is 42.3 Å². The second kappa shape index (κ2) is 7.06. The fourth-order valence-corrected chi connectivity index (χ4v) is 2.05. The smallest absolute Gasteiger partial charge is 0.128 e. The first kappa shape index (κ1) is 14.5. The summed E-state index contributed by atoms with van der Waals surface area (Å²) in [6.07, 6.45) is 1.05. The lowest BCUT2D eigenvalue weighted by atomic mass is 10.0. The molecule has 20 heavy (non-hydrogen) atoms. The summed E-state index contributed by atoms with van der Waals surface area (Å²) in [5.74, 6) is 0.636. The van der Waals surface area contributed by atoms with Gasteiger partial charge < -0.3 is 10.1 Å². The van der Waals surface area contributed by atoms with Crippen molar-refractivity contribution >= 4 is 0 Å². The molecule has 0 bridgehead atoms. The molecule has 3 heteroatoms. The summed E-state index contributed by atoms with van der Waals surface area (Å²) in [6, 6.07) is 13.0. The molecule has 0 aliphatic heterocycles. The van der Waals surface area contributed by atoms with Crippen LogP contribution in [0.4, 0.5) is 4.39 Å². The van der Waals surface area contributed by atoms with Crippen LogP contribution in [0.15, 0.2) is 42.5 Å². The molecule has 0 fully saturated rings. The molecule has 0 unspecified atom stereocenters. The minimum atomic E-state index is -0.165. The van der Waals surface area contributed by atoms with Crippen molar-refractivity contribution in [3.63, 3.8) is 0 Å². The Hall–Kier alpha value is -1.87. The van der Waals surface area contributed by atoms with Gasteiger partial charge in [-0.2, -0.15) is 0 Å². The van der Waals surface area contributed by atoms with Crippen molar-refractivity contribution in [3.05, 3.63) is 53.8 Å². The summed E-state index contributed by atoms with van der Waals surface area (Å²) < 4.78 is 19.2. The third-order valence-corrected chi connectivity index (χ3v) is 3.22. The highest BCUT2D eigenvalue weighted by molar-refractivity contribution is 5.64. The van der Waals surface area contributed by atoms with Crippen LogP contribution in [-0.4, -0.2) is 13.7 Å². The van der Waals surface area contributed by atoms with E-state index in [2.05, 4.69) is 12.2 Å². The largest absolute Gasteiger partial charge is 0.497 e. The minimum absolute atomic E-state index is 0.165. The standard InChI is InChI=1S/C17H20FNO/c1-3-10-19-12-15-5-4-14(11-17(15)18)13-6-8-16(20-2)9-7-13/h4-9,11,19H,3,10,12H2,1-2H3. The van der Waals surface area contributed by atoms with Crippen LogP contribution in [-0.2, 0) is 6.54 Å². The maximum absolute atomic E-state index is 14.0. The summed E-state index contributed by atoms with van der Waals surface area (Å²) in [6.45, 7) is 3.57. The molecule has 106 valence electrons. The molecule has 1 N–H and O–H groups in total. The lowest BCUT2D eigenvalue weighted by molar-refractivity contribution is 0.415. The summed E-state index contributed by atoms with van der Waals surface area (Å²) in [5.41, 5.74) is 2.57. The minimum Gasteiger partial charge on any atom is -0.497 e. The lowest BCUT2D eigenvalue weighted by Gasteiger charge is -2.08. The van der Waals surface area contributed by atoms with E-state index < -0.39 is 0 Å². The fraction of sp³-hybridized carbons (Fsp3) is 0.294. The fourth-order valence-electron chi connectivity index (χ4n) is 2.05. The summed E-state index contributed by atoms with van der Waals surface area (Å²) >= 11 is 0. The van der Waals surface area contributed by atoms with Gasteiger partial charge in [-0.25, -0.2) is 4.39 Å². The number of nitrogens with one attached hydrogen (secondary N) is 1. The van der Waals surface area contributed by atoms with Gasteiger partial charge in [0.15, 0.2) is 0 Å². The first-order valence-electron chi connectivity index (χ1n) is 6.88. The molecule has 0 atom stereocenters. The van der Waals surface area contributed by atoms with Crippen molar-refractivity contribution in [2.45, 2.75) is 19.9 Å². The Balaban J connectivity index is 2.14. The normalized spacial score (nSPS) is 10.6. The number of ether oxygens (including phenoxy) is 1. The van der Waals surface area contributed by atoms with Crippen molar-refractivity contribution in [2.24, 2.45) is 0 Å². The van der Waals surface area contributed by atoms with Crippen LogP contribution in [0.2, 0.25) is 0 Å². The summed E-state index contributed by atoms with van der Waals surface area (Å²) in [7, 11) is 1.63. The van der Waals surface area contributed by atoms with Crippen LogP contribution in [0, 0.1) is 5.82 Å². The van der Waals surface area contributed by atoms with Gasteiger partial charge in [0.2, 0.25) is 0 Å². The van der Waals surface area contributed by atoms with E-state index in [1.54, 1.807) is 13.2 Å². The Morgan fingerprint density at radius 2 is 1.75 bits per heavy atom. The van der Waals surface area contributed by atoms with Crippen LogP contribution in [0.1, 0.15) is 18.9 Å². The van der Waals surface area contributed by atoms with Crippen molar-refractivity contribution < 1.29 is 9.13 Å². The number of methoxy groups -OCH3 is 1. The molecule has 2 nitrogen and oxygen atoms in total. The van der Waals surface area contributed by atoms with E-state index in [0.717, 1.165) is 29.8 Å². The van der Waals surface area contributed by atoms with Gasteiger partial charge in [0.05, 0.1) is 7.11 Å². The van der Waals surface area contributed by atoms with Gasteiger partial charge in [0.1, 0.15) is 11.6 Å². The molecular weight excluding hydrogens is 253 g/mol. The Bertz CT molecular complexity index is 551. The maximum Gasteiger partial charge on any atom is 0.128 e. The molecule has 0 aliphatic carbocycles. The molecule has 2 rings (SSSR count). The quantitative estimate of drug-likeness (QED) is 0.803. The second-order valence-corrected chi connectivity index (χ2v) is 4.71. The molecule has 0 radical (unpaired) electrons. The average molecular weight is 273 g/mol. The molecule has 0 aromatic heterocycles. The number of benzene rings is 2. The predicted octanol–water partition coefficient (Wildman–Crippen LogP) is 4.00. The molecule has 0 heterocycles. The van der Waals surface area contributed by atoms with Gasteiger partial charge in [0, 0.05) is 12.1 Å². The second-order valence-electron chi connectivity index (χ2n) is 4.71. The van der Waals surface area contributed by atoms with E-state index in [1.807, 2.05) is 36.4 Å². The van der Waals surface area contributed by atoms with E-state index >= 15 is 0 Å². The zero-order valence-corrected chi connectivity index (χ0v) is 11.9. The van der Waals surface area contributed by atoms with Crippen molar-refractivity contribution in [3.8, 4) is 16.9 Å². The van der Waals surface area contributed by atoms with Gasteiger partial charge in [0.25, 0.3) is 0 Å². The third kappa shape index (κ3) is 3.58. The predicted molar refractivity (Wildman–Crippen MR) is 80.4 cm³/mol. The number of hydrogen-bond donors (Lipinski definition) is 1. The average Bonchev–Trinajstić information content (AvgIpc) is 2.49. The Morgan fingerprint density at radius 3 is 2.35 bits per heavy atom. The van der Waals surface area contributed by atoms with Crippen LogP contribution < -0.4 is 10.1 Å². The monoisotopic (exact) mass is 273 g/mol. The Morgan fingerprint density at radius 1 is 1.05 bits per heavy atom. The SMILES string of the molecule is CCCNCc1ccc(-c2ccc(OC)cc2)cc1F. The zero-order chi connectivity index (χ0) is 14.4. The Labute approximate surface area is 119 Å². The van der Waals surface area contributed by atoms with Gasteiger partial charge in [-0.1, -0.05) is 31.2 Å². The Kier molecular flexibility index (Phi) is 5.13. The van der Waals surface area contributed by atoms with Gasteiger partial charge in [-0.3, -0.25) is 0 Å². The van der Waals surface area contributed by atoms with Crippen molar-refractivity contribution in [1.29, 1.82) is 0 Å². The van der Waals surface area contributed by atoms with E-state index in [4.69, 9.17) is 4.74 Å². The van der Waals surface area contributed by atoms with E-state index in [-0.39, 0.29) is 5.82 Å². The highest BCUT2D eigenvalue weighted by Gasteiger charge is 2.05. The van der Waals surface area contributed by atoms with Crippen LogP contribution >= 0.6 is 0 Å². The lowest BCUT2D eigenvalue weighted by Crippen LogP contribution is -2.14. The topological polar surface area (TPSA) is 21.3 Å². The van der Waals surface area contributed by atoms with E-state index in [1.165, 1.54) is 0 Å².